The Morgan fingerprint density at radius 2 is 1.88 bits per heavy atom. The van der Waals surface area contributed by atoms with Crippen molar-refractivity contribution in [1.82, 2.24) is 9.97 Å². The first-order valence-corrected chi connectivity index (χ1v) is 9.97. The van der Waals surface area contributed by atoms with Crippen LogP contribution in [0.4, 0.5) is 16.3 Å². The smallest absolute Gasteiger partial charge is 0.286 e. The maximum Gasteiger partial charge on any atom is 0.330 e. The quantitative estimate of drug-likeness (QED) is 0.738. The van der Waals surface area contributed by atoms with E-state index < -0.39 is 9.84 Å². The number of amides is 2. The highest BCUT2D eigenvalue weighted by atomic mass is 35.5. The van der Waals surface area contributed by atoms with E-state index >= 15 is 0 Å². The van der Waals surface area contributed by atoms with Gasteiger partial charge in [-0.15, -0.1) is 0 Å². The van der Waals surface area contributed by atoms with Gasteiger partial charge in [0.05, 0.1) is 22.3 Å². The summed E-state index contributed by atoms with van der Waals surface area (Å²) in [5.74, 6) is 0.280. The molecule has 2 heterocycles. The number of hydrogen-bond donors (Lipinski definition) is 0. The van der Waals surface area contributed by atoms with Gasteiger partial charge in [-0.1, -0.05) is 29.3 Å². The van der Waals surface area contributed by atoms with Crippen molar-refractivity contribution in [2.75, 3.05) is 22.6 Å². The molecule has 1 aromatic heterocycles. The molecular weight excluding hydrogens is 387 g/mol. The summed E-state index contributed by atoms with van der Waals surface area (Å²) in [6.07, 6.45) is 2.43. The topological polar surface area (TPSA) is 83.5 Å². The summed E-state index contributed by atoms with van der Waals surface area (Å²) in [6, 6.07) is 4.59. The van der Waals surface area contributed by atoms with Crippen LogP contribution in [0.15, 0.2) is 29.6 Å². The van der Waals surface area contributed by atoms with Gasteiger partial charge in [0, 0.05) is 24.6 Å². The van der Waals surface area contributed by atoms with E-state index in [1.54, 1.807) is 25.1 Å². The van der Waals surface area contributed by atoms with E-state index in [1.807, 2.05) is 0 Å². The molecule has 2 aromatic rings. The highest BCUT2D eigenvalue weighted by molar-refractivity contribution is 7.90. The predicted octanol–water partition coefficient (Wildman–Crippen LogP) is 3.15. The standard InChI is InChI=1S/C15H14Cl2N4O3S/c1-3-20-13-9(7-18-14(19-13)25(2,23)24)8-21(15(20)22)12-10(16)5-4-6-11(12)17/h4-7H,3,8H2,1-2H3. The van der Waals surface area contributed by atoms with Gasteiger partial charge in [-0.25, -0.2) is 23.2 Å². The molecule has 0 saturated carbocycles. The van der Waals surface area contributed by atoms with Gasteiger partial charge in [0.15, 0.2) is 0 Å². The molecule has 7 nitrogen and oxygen atoms in total. The lowest BCUT2D eigenvalue weighted by Crippen LogP contribution is -2.48. The molecular formula is C15H14Cl2N4O3S. The summed E-state index contributed by atoms with van der Waals surface area (Å²) in [6.45, 7) is 2.20. The van der Waals surface area contributed by atoms with E-state index in [0.29, 0.717) is 27.8 Å². The Bertz CT molecular complexity index is 945. The van der Waals surface area contributed by atoms with Crippen LogP contribution >= 0.6 is 23.2 Å². The van der Waals surface area contributed by atoms with Crippen molar-refractivity contribution in [3.63, 3.8) is 0 Å². The Morgan fingerprint density at radius 1 is 1.24 bits per heavy atom. The van der Waals surface area contributed by atoms with E-state index in [4.69, 9.17) is 23.2 Å². The summed E-state index contributed by atoms with van der Waals surface area (Å²) in [4.78, 5) is 23.7. The van der Waals surface area contributed by atoms with Crippen LogP contribution in [0.25, 0.3) is 0 Å². The van der Waals surface area contributed by atoms with Crippen LogP contribution in [-0.2, 0) is 16.4 Å². The Balaban J connectivity index is 2.14. The fourth-order valence-corrected chi connectivity index (χ4v) is 3.68. The van der Waals surface area contributed by atoms with Crippen molar-refractivity contribution in [1.29, 1.82) is 0 Å². The number of benzene rings is 1. The zero-order valence-electron chi connectivity index (χ0n) is 13.4. The van der Waals surface area contributed by atoms with Crippen LogP contribution in [0.5, 0.6) is 0 Å². The normalized spacial score (nSPS) is 14.6. The van der Waals surface area contributed by atoms with Gasteiger partial charge in [-0.05, 0) is 19.1 Å². The molecule has 1 aromatic carbocycles. The molecule has 0 fully saturated rings. The monoisotopic (exact) mass is 400 g/mol. The van der Waals surface area contributed by atoms with Crippen LogP contribution in [-0.4, -0.2) is 37.2 Å². The van der Waals surface area contributed by atoms with Crippen molar-refractivity contribution in [2.45, 2.75) is 18.6 Å². The highest BCUT2D eigenvalue weighted by Crippen LogP contribution is 2.38. The Labute approximate surface area is 155 Å². The number of carbonyl (C=O) groups excluding carboxylic acids is 1. The molecule has 3 rings (SSSR count). The number of anilines is 2. The summed E-state index contributed by atoms with van der Waals surface area (Å²) in [7, 11) is -3.58. The zero-order valence-corrected chi connectivity index (χ0v) is 15.7. The molecule has 0 saturated heterocycles. The third-order valence-electron chi connectivity index (χ3n) is 3.72. The molecule has 10 heteroatoms. The largest absolute Gasteiger partial charge is 0.330 e. The van der Waals surface area contributed by atoms with Gasteiger partial charge in [0.25, 0.3) is 0 Å². The number of halogens is 2. The fraction of sp³-hybridized carbons (Fsp3) is 0.267. The molecule has 0 aliphatic carbocycles. The summed E-state index contributed by atoms with van der Waals surface area (Å²) in [5.41, 5.74) is 0.997. The zero-order chi connectivity index (χ0) is 18.4. The van der Waals surface area contributed by atoms with Crippen LogP contribution in [0.3, 0.4) is 0 Å². The minimum Gasteiger partial charge on any atom is -0.286 e. The van der Waals surface area contributed by atoms with E-state index in [-0.39, 0.29) is 23.6 Å². The van der Waals surface area contributed by atoms with Crippen LogP contribution in [0, 0.1) is 0 Å². The van der Waals surface area contributed by atoms with Crippen molar-refractivity contribution >= 4 is 50.6 Å². The van der Waals surface area contributed by atoms with E-state index in [0.717, 1.165) is 6.26 Å². The molecule has 0 unspecified atom stereocenters. The first-order chi connectivity index (χ1) is 11.7. The van der Waals surface area contributed by atoms with Crippen molar-refractivity contribution in [3.05, 3.63) is 40.0 Å². The Kier molecular flexibility index (Phi) is 4.61. The maximum absolute atomic E-state index is 12.9. The number of carbonyl (C=O) groups is 1. The van der Waals surface area contributed by atoms with Crippen LogP contribution in [0.1, 0.15) is 12.5 Å². The van der Waals surface area contributed by atoms with E-state index in [9.17, 15) is 13.2 Å². The predicted molar refractivity (Wildman–Crippen MR) is 96.2 cm³/mol. The molecule has 0 bridgehead atoms. The lowest BCUT2D eigenvalue weighted by Gasteiger charge is -2.36. The Hall–Kier alpha value is -1.90. The molecule has 1 aliphatic heterocycles. The fourth-order valence-electron chi connectivity index (χ4n) is 2.59. The molecule has 2 amide bonds. The maximum atomic E-state index is 12.9. The average Bonchev–Trinajstić information content (AvgIpc) is 2.54. The lowest BCUT2D eigenvalue weighted by molar-refractivity contribution is 0.250. The van der Waals surface area contributed by atoms with E-state index in [2.05, 4.69) is 9.97 Å². The SMILES string of the molecule is CCN1C(=O)N(c2c(Cl)cccc2Cl)Cc2cnc(S(C)(=O)=O)nc21. The minimum absolute atomic E-state index is 0.137. The third-order valence-corrected chi connectivity index (χ3v) is 5.19. The number of aromatic nitrogens is 2. The van der Waals surface area contributed by atoms with E-state index in [1.165, 1.54) is 16.0 Å². The number of fused-ring (bicyclic) bond motifs is 1. The molecule has 0 N–H and O–H groups in total. The molecule has 0 spiro atoms. The molecule has 132 valence electrons. The van der Waals surface area contributed by atoms with Gasteiger partial charge < -0.3 is 0 Å². The highest BCUT2D eigenvalue weighted by Gasteiger charge is 2.34. The number of nitrogens with zero attached hydrogens (tertiary/aromatic N) is 4. The Morgan fingerprint density at radius 3 is 2.44 bits per heavy atom. The number of sulfone groups is 1. The molecule has 25 heavy (non-hydrogen) atoms. The second kappa shape index (κ2) is 6.44. The van der Waals surface area contributed by atoms with Crippen molar-refractivity contribution < 1.29 is 13.2 Å². The third kappa shape index (κ3) is 3.17. The summed E-state index contributed by atoms with van der Waals surface area (Å²) in [5, 5.41) is 0.366. The second-order valence-corrected chi connectivity index (χ2v) is 8.18. The van der Waals surface area contributed by atoms with Crippen molar-refractivity contribution in [3.8, 4) is 0 Å². The van der Waals surface area contributed by atoms with Crippen LogP contribution in [0.2, 0.25) is 10.0 Å². The summed E-state index contributed by atoms with van der Waals surface area (Å²) < 4.78 is 23.4. The van der Waals surface area contributed by atoms with Gasteiger partial charge in [0.1, 0.15) is 5.82 Å². The second-order valence-electron chi connectivity index (χ2n) is 5.46. The van der Waals surface area contributed by atoms with Gasteiger partial charge in [0.2, 0.25) is 15.0 Å². The number of rotatable bonds is 3. The molecule has 0 atom stereocenters. The van der Waals surface area contributed by atoms with Crippen molar-refractivity contribution in [2.24, 2.45) is 0 Å². The first-order valence-electron chi connectivity index (χ1n) is 7.33. The summed E-state index contributed by atoms with van der Waals surface area (Å²) >= 11 is 12.4. The number of para-hydroxylation sites is 1. The molecule has 0 radical (unpaired) electrons. The van der Waals surface area contributed by atoms with Gasteiger partial charge >= 0.3 is 6.03 Å². The van der Waals surface area contributed by atoms with Gasteiger partial charge in [-0.3, -0.25) is 9.80 Å². The number of urea groups is 1. The first kappa shape index (κ1) is 17.9. The number of hydrogen-bond acceptors (Lipinski definition) is 5. The minimum atomic E-state index is -3.58. The lowest BCUT2D eigenvalue weighted by atomic mass is 10.2. The van der Waals surface area contributed by atoms with Gasteiger partial charge in [-0.2, -0.15) is 0 Å². The van der Waals surface area contributed by atoms with Crippen LogP contribution < -0.4 is 9.80 Å². The molecule has 1 aliphatic rings. The average molecular weight is 401 g/mol.